The summed E-state index contributed by atoms with van der Waals surface area (Å²) >= 11 is 0. The molecule has 2 N–H and O–H groups in total. The summed E-state index contributed by atoms with van der Waals surface area (Å²) in [6.07, 6.45) is 0.873. The van der Waals surface area contributed by atoms with E-state index < -0.39 is 0 Å². The molecule has 1 fully saturated rings. The van der Waals surface area contributed by atoms with Gasteiger partial charge >= 0.3 is 0 Å². The Kier molecular flexibility index (Phi) is 3.64. The molecule has 1 aromatic rings. The zero-order valence-electron chi connectivity index (χ0n) is 10.0. The molecule has 0 radical (unpaired) electrons. The topological polar surface area (TPSA) is 55.6 Å². The first-order valence-corrected chi connectivity index (χ1v) is 5.91. The number of hydrogen-bond acceptors (Lipinski definition) is 3. The number of ether oxygens (including phenoxy) is 1. The van der Waals surface area contributed by atoms with Gasteiger partial charge in [0.25, 0.3) is 5.91 Å². The minimum absolute atomic E-state index is 0.00861. The van der Waals surface area contributed by atoms with E-state index in [0.29, 0.717) is 0 Å². The molecule has 0 bridgehead atoms. The first-order chi connectivity index (χ1) is 8.18. The number of amides is 1. The number of benzene rings is 1. The molecule has 2 atom stereocenters. The monoisotopic (exact) mass is 234 g/mol. The van der Waals surface area contributed by atoms with Gasteiger partial charge in [0.1, 0.15) is 5.75 Å². The van der Waals surface area contributed by atoms with Gasteiger partial charge in [-0.15, -0.1) is 0 Å². The summed E-state index contributed by atoms with van der Waals surface area (Å²) in [4.78, 5) is 13.7. The Morgan fingerprint density at radius 2 is 2.18 bits per heavy atom. The lowest BCUT2D eigenvalue weighted by Crippen LogP contribution is -2.42. The van der Waals surface area contributed by atoms with E-state index in [1.807, 2.05) is 37.3 Å². The van der Waals surface area contributed by atoms with Gasteiger partial charge in [-0.1, -0.05) is 18.2 Å². The van der Waals surface area contributed by atoms with Gasteiger partial charge in [0, 0.05) is 18.6 Å². The molecule has 2 rings (SSSR count). The maximum absolute atomic E-state index is 11.9. The predicted octanol–water partition coefficient (Wildman–Crippen LogP) is 1.01. The van der Waals surface area contributed by atoms with Crippen molar-refractivity contribution in [1.82, 2.24) is 4.90 Å². The number of nitrogens with two attached hydrogens (primary N) is 1. The molecule has 92 valence electrons. The van der Waals surface area contributed by atoms with E-state index in [1.165, 1.54) is 0 Å². The fourth-order valence-corrected chi connectivity index (χ4v) is 2.06. The van der Waals surface area contributed by atoms with E-state index in [4.69, 9.17) is 10.5 Å². The molecular weight excluding hydrogens is 216 g/mol. The summed E-state index contributed by atoms with van der Waals surface area (Å²) in [5.74, 6) is 0.728. The van der Waals surface area contributed by atoms with Crippen LogP contribution in [0.5, 0.6) is 5.75 Å². The third-order valence-corrected chi connectivity index (χ3v) is 3.24. The molecule has 1 amide bonds. The van der Waals surface area contributed by atoms with Crippen molar-refractivity contribution in [2.75, 3.05) is 13.2 Å². The second kappa shape index (κ2) is 5.19. The molecule has 0 saturated carbocycles. The Bertz CT molecular complexity index is 380. The van der Waals surface area contributed by atoms with E-state index in [-0.39, 0.29) is 24.6 Å². The van der Waals surface area contributed by atoms with Crippen LogP contribution in [-0.4, -0.2) is 36.0 Å². The number of para-hydroxylation sites is 1. The van der Waals surface area contributed by atoms with E-state index in [9.17, 15) is 4.79 Å². The standard InChI is InChI=1S/C13H18N2O2/c1-10-12(14)7-8-15(10)13(16)9-17-11-5-3-2-4-6-11/h2-6,10,12H,7-9,14H2,1H3. The molecular formula is C13H18N2O2. The van der Waals surface area contributed by atoms with Crippen LogP contribution >= 0.6 is 0 Å². The second-order valence-electron chi connectivity index (χ2n) is 4.38. The van der Waals surface area contributed by atoms with Gasteiger partial charge in [-0.2, -0.15) is 0 Å². The maximum Gasteiger partial charge on any atom is 0.260 e. The summed E-state index contributed by atoms with van der Waals surface area (Å²) in [6.45, 7) is 2.80. The molecule has 4 nitrogen and oxygen atoms in total. The van der Waals surface area contributed by atoms with Crippen LogP contribution in [0.2, 0.25) is 0 Å². The lowest BCUT2D eigenvalue weighted by Gasteiger charge is -2.23. The highest BCUT2D eigenvalue weighted by Crippen LogP contribution is 2.16. The van der Waals surface area contributed by atoms with Gasteiger partial charge in [-0.3, -0.25) is 4.79 Å². The van der Waals surface area contributed by atoms with Crippen LogP contribution in [0.15, 0.2) is 30.3 Å². The SMILES string of the molecule is CC1C(N)CCN1C(=O)COc1ccccc1. The molecule has 1 aromatic carbocycles. The molecule has 0 spiro atoms. The quantitative estimate of drug-likeness (QED) is 0.849. The minimum atomic E-state index is 0.00861. The number of carbonyl (C=O) groups excluding carboxylic acids is 1. The molecule has 1 heterocycles. The molecule has 1 aliphatic heterocycles. The summed E-state index contributed by atoms with van der Waals surface area (Å²) in [5.41, 5.74) is 5.88. The number of rotatable bonds is 3. The normalized spacial score (nSPS) is 23.8. The van der Waals surface area contributed by atoms with Crippen molar-refractivity contribution in [3.63, 3.8) is 0 Å². The highest BCUT2D eigenvalue weighted by Gasteiger charge is 2.31. The van der Waals surface area contributed by atoms with Gasteiger partial charge in [0.05, 0.1) is 0 Å². The number of nitrogens with zero attached hydrogens (tertiary/aromatic N) is 1. The fraction of sp³-hybridized carbons (Fsp3) is 0.462. The second-order valence-corrected chi connectivity index (χ2v) is 4.38. The Labute approximate surface area is 101 Å². The van der Waals surface area contributed by atoms with Crippen LogP contribution in [0.25, 0.3) is 0 Å². The van der Waals surface area contributed by atoms with Crippen LogP contribution in [-0.2, 0) is 4.79 Å². The Hall–Kier alpha value is -1.55. The smallest absolute Gasteiger partial charge is 0.260 e. The van der Waals surface area contributed by atoms with Gasteiger partial charge in [0.2, 0.25) is 0 Å². The van der Waals surface area contributed by atoms with Crippen molar-refractivity contribution in [3.05, 3.63) is 30.3 Å². The minimum Gasteiger partial charge on any atom is -0.484 e. The summed E-state index contributed by atoms with van der Waals surface area (Å²) in [7, 11) is 0. The van der Waals surface area contributed by atoms with Crippen LogP contribution in [0.3, 0.4) is 0 Å². The first kappa shape index (κ1) is 11.9. The predicted molar refractivity (Wildman–Crippen MR) is 65.7 cm³/mol. The first-order valence-electron chi connectivity index (χ1n) is 5.91. The van der Waals surface area contributed by atoms with Crippen molar-refractivity contribution >= 4 is 5.91 Å². The molecule has 1 saturated heterocycles. The van der Waals surface area contributed by atoms with Crippen LogP contribution in [0.1, 0.15) is 13.3 Å². The zero-order valence-corrected chi connectivity index (χ0v) is 10.0. The summed E-state index contributed by atoms with van der Waals surface area (Å²) in [5, 5.41) is 0. The van der Waals surface area contributed by atoms with Gasteiger partial charge < -0.3 is 15.4 Å². The zero-order chi connectivity index (χ0) is 12.3. The third-order valence-electron chi connectivity index (χ3n) is 3.24. The summed E-state index contributed by atoms with van der Waals surface area (Å²) < 4.78 is 5.43. The van der Waals surface area contributed by atoms with E-state index in [1.54, 1.807) is 4.90 Å². The van der Waals surface area contributed by atoms with Crippen molar-refractivity contribution in [2.45, 2.75) is 25.4 Å². The lowest BCUT2D eigenvalue weighted by molar-refractivity contribution is -0.134. The maximum atomic E-state index is 11.9. The number of carbonyl (C=O) groups is 1. The fourth-order valence-electron chi connectivity index (χ4n) is 2.06. The van der Waals surface area contributed by atoms with Crippen LogP contribution < -0.4 is 10.5 Å². The Balaban J connectivity index is 1.86. The van der Waals surface area contributed by atoms with E-state index in [2.05, 4.69) is 0 Å². The third kappa shape index (κ3) is 2.77. The van der Waals surface area contributed by atoms with E-state index >= 15 is 0 Å². The molecule has 4 heteroatoms. The van der Waals surface area contributed by atoms with Crippen molar-refractivity contribution in [1.29, 1.82) is 0 Å². The highest BCUT2D eigenvalue weighted by atomic mass is 16.5. The molecule has 1 aliphatic rings. The Morgan fingerprint density at radius 1 is 1.47 bits per heavy atom. The largest absolute Gasteiger partial charge is 0.484 e. The van der Waals surface area contributed by atoms with E-state index in [0.717, 1.165) is 18.7 Å². The lowest BCUT2D eigenvalue weighted by atomic mass is 10.2. The number of likely N-dealkylation sites (tertiary alicyclic amines) is 1. The van der Waals surface area contributed by atoms with Crippen molar-refractivity contribution in [2.24, 2.45) is 5.73 Å². The molecule has 17 heavy (non-hydrogen) atoms. The van der Waals surface area contributed by atoms with Gasteiger partial charge in [0.15, 0.2) is 6.61 Å². The average Bonchev–Trinajstić information content (AvgIpc) is 2.69. The molecule has 2 unspecified atom stereocenters. The van der Waals surface area contributed by atoms with Crippen LogP contribution in [0, 0.1) is 0 Å². The van der Waals surface area contributed by atoms with Gasteiger partial charge in [-0.25, -0.2) is 0 Å². The molecule has 0 aromatic heterocycles. The highest BCUT2D eigenvalue weighted by molar-refractivity contribution is 5.78. The molecule has 0 aliphatic carbocycles. The number of hydrogen-bond donors (Lipinski definition) is 1. The van der Waals surface area contributed by atoms with Crippen molar-refractivity contribution < 1.29 is 9.53 Å². The van der Waals surface area contributed by atoms with Crippen LogP contribution in [0.4, 0.5) is 0 Å². The average molecular weight is 234 g/mol. The summed E-state index contributed by atoms with van der Waals surface area (Å²) in [6, 6.07) is 9.56. The van der Waals surface area contributed by atoms with Crippen molar-refractivity contribution in [3.8, 4) is 5.75 Å². The Morgan fingerprint density at radius 3 is 2.76 bits per heavy atom. The van der Waals surface area contributed by atoms with Gasteiger partial charge in [-0.05, 0) is 25.5 Å².